The average Bonchev–Trinajstić information content (AvgIpc) is 3.03. The molecule has 0 aliphatic carbocycles. The highest BCUT2D eigenvalue weighted by molar-refractivity contribution is 8.26. The topological polar surface area (TPSA) is 81.4 Å². The van der Waals surface area contributed by atoms with E-state index in [4.69, 9.17) is 17.2 Å². The summed E-state index contributed by atoms with van der Waals surface area (Å²) in [5, 5.41) is 9.21. The quantitative estimate of drug-likeness (QED) is 0.530. The monoisotopic (exact) mass is 459 g/mol. The molecule has 1 N–H and O–H groups in total. The van der Waals surface area contributed by atoms with Crippen LogP contribution >= 0.6 is 24.0 Å². The van der Waals surface area contributed by atoms with Gasteiger partial charge < -0.3 is 10.0 Å². The molecular weight excluding hydrogens is 434 g/mol. The zero-order valence-electron chi connectivity index (χ0n) is 17.6. The van der Waals surface area contributed by atoms with Crippen LogP contribution < -0.4 is 10.5 Å². The number of nitrogens with zero attached hydrogens (tertiary/aromatic N) is 5. The molecule has 4 heterocycles. The number of thioether (sulfide) groups is 1. The number of pyridine rings is 1. The van der Waals surface area contributed by atoms with Gasteiger partial charge in [-0.05, 0) is 31.6 Å². The van der Waals surface area contributed by atoms with Crippen molar-refractivity contribution in [3.63, 3.8) is 0 Å². The second-order valence-electron chi connectivity index (χ2n) is 7.52. The maximum Gasteiger partial charge on any atom is 0.267 e. The maximum atomic E-state index is 13.5. The third kappa shape index (κ3) is 4.12. The molecule has 10 heteroatoms. The van der Waals surface area contributed by atoms with Crippen LogP contribution in [-0.4, -0.2) is 80.4 Å². The normalized spacial score (nSPS) is 19.3. The first-order chi connectivity index (χ1) is 14.9. The van der Waals surface area contributed by atoms with Gasteiger partial charge in [-0.2, -0.15) is 0 Å². The van der Waals surface area contributed by atoms with Crippen LogP contribution in [0.2, 0.25) is 0 Å². The van der Waals surface area contributed by atoms with Gasteiger partial charge in [0.2, 0.25) is 0 Å². The minimum absolute atomic E-state index is 0.124. The van der Waals surface area contributed by atoms with Crippen molar-refractivity contribution in [3.8, 4) is 0 Å². The molecule has 0 unspecified atom stereocenters. The molecule has 0 spiro atoms. The summed E-state index contributed by atoms with van der Waals surface area (Å²) in [6.45, 7) is 7.97. The fraction of sp³-hybridized carbons (Fsp3) is 0.429. The van der Waals surface area contributed by atoms with Gasteiger partial charge in [-0.3, -0.25) is 23.8 Å². The van der Waals surface area contributed by atoms with Gasteiger partial charge in [0.1, 0.15) is 15.8 Å². The van der Waals surface area contributed by atoms with Crippen LogP contribution in [0.15, 0.2) is 28.0 Å². The summed E-state index contributed by atoms with van der Waals surface area (Å²) < 4.78 is 2.04. The Kier molecular flexibility index (Phi) is 6.42. The van der Waals surface area contributed by atoms with Gasteiger partial charge >= 0.3 is 0 Å². The summed E-state index contributed by atoms with van der Waals surface area (Å²) in [4.78, 5) is 37.4. The summed E-state index contributed by atoms with van der Waals surface area (Å²) in [6.07, 6.45) is 3.35. The lowest BCUT2D eigenvalue weighted by Gasteiger charge is -2.35. The van der Waals surface area contributed by atoms with E-state index in [0.29, 0.717) is 52.4 Å². The van der Waals surface area contributed by atoms with E-state index in [1.807, 2.05) is 26.0 Å². The number of carbonyl (C=O) groups excluding carboxylic acids is 1. The molecule has 2 saturated heterocycles. The van der Waals surface area contributed by atoms with Crippen LogP contribution in [0.4, 0.5) is 5.82 Å². The Bertz CT molecular complexity index is 1120. The van der Waals surface area contributed by atoms with Crippen LogP contribution in [-0.2, 0) is 4.79 Å². The number of thiocarbonyl (C=S) groups is 1. The lowest BCUT2D eigenvalue weighted by atomic mass is 10.2. The molecule has 0 radical (unpaired) electrons. The molecule has 0 bridgehead atoms. The summed E-state index contributed by atoms with van der Waals surface area (Å²) >= 11 is 6.54. The number of aryl methyl sites for hydroxylation is 1. The zero-order chi connectivity index (χ0) is 22.1. The standard InChI is InChI=1S/C21H25N5O3S2/c1-3-25-20(29)16(31-21(25)30)13-15-18(24-9-7-23(8-10-24)11-12-27)22-17-14(2)5-4-6-26(17)19(15)28/h4-6,13,27H,3,7-12H2,1-2H3. The molecule has 2 aromatic heterocycles. The number of fused-ring (bicyclic) bond motifs is 1. The minimum atomic E-state index is -0.205. The Morgan fingerprint density at radius 2 is 2.00 bits per heavy atom. The minimum Gasteiger partial charge on any atom is -0.395 e. The van der Waals surface area contributed by atoms with E-state index in [-0.39, 0.29) is 18.1 Å². The fourth-order valence-electron chi connectivity index (χ4n) is 3.90. The van der Waals surface area contributed by atoms with Gasteiger partial charge in [0.05, 0.1) is 17.1 Å². The Labute approximate surface area is 190 Å². The second-order valence-corrected chi connectivity index (χ2v) is 9.19. The number of anilines is 1. The Morgan fingerprint density at radius 3 is 2.65 bits per heavy atom. The van der Waals surface area contributed by atoms with Crippen LogP contribution in [0.25, 0.3) is 11.7 Å². The number of aliphatic hydroxyl groups is 1. The van der Waals surface area contributed by atoms with Crippen molar-refractivity contribution in [3.05, 3.63) is 44.7 Å². The third-order valence-electron chi connectivity index (χ3n) is 5.62. The van der Waals surface area contributed by atoms with Gasteiger partial charge in [-0.15, -0.1) is 0 Å². The summed E-state index contributed by atoms with van der Waals surface area (Å²) in [5.41, 5.74) is 1.71. The van der Waals surface area contributed by atoms with Crippen molar-refractivity contribution < 1.29 is 9.90 Å². The molecule has 2 fully saturated rings. The van der Waals surface area contributed by atoms with Gasteiger partial charge in [-0.25, -0.2) is 4.98 Å². The van der Waals surface area contributed by atoms with Crippen molar-refractivity contribution >= 4 is 51.7 Å². The fourth-order valence-corrected chi connectivity index (χ4v) is 5.26. The maximum absolute atomic E-state index is 13.5. The number of hydrogen-bond donors (Lipinski definition) is 1. The molecule has 2 aliphatic heterocycles. The molecule has 8 nitrogen and oxygen atoms in total. The molecule has 0 saturated carbocycles. The lowest BCUT2D eigenvalue weighted by molar-refractivity contribution is -0.121. The molecule has 1 amide bonds. The average molecular weight is 460 g/mol. The van der Waals surface area contributed by atoms with E-state index in [0.717, 1.165) is 18.7 Å². The first-order valence-corrected chi connectivity index (χ1v) is 11.5. The molecule has 2 aliphatic rings. The molecule has 31 heavy (non-hydrogen) atoms. The molecule has 2 aromatic rings. The van der Waals surface area contributed by atoms with E-state index in [9.17, 15) is 14.7 Å². The Hall–Kier alpha value is -2.27. The van der Waals surface area contributed by atoms with Crippen LogP contribution in [0.3, 0.4) is 0 Å². The SMILES string of the molecule is CCN1C(=O)C(=Cc2c(N3CCN(CCO)CC3)nc3c(C)cccn3c2=O)SC1=S. The zero-order valence-corrected chi connectivity index (χ0v) is 19.2. The highest BCUT2D eigenvalue weighted by Crippen LogP contribution is 2.33. The van der Waals surface area contributed by atoms with Crippen LogP contribution in [0.1, 0.15) is 18.1 Å². The number of hydrogen-bond acceptors (Lipinski definition) is 8. The second kappa shape index (κ2) is 9.07. The van der Waals surface area contributed by atoms with Gasteiger partial charge in [0.15, 0.2) is 0 Å². The molecule has 164 valence electrons. The highest BCUT2D eigenvalue weighted by atomic mass is 32.2. The van der Waals surface area contributed by atoms with E-state index in [2.05, 4.69) is 9.80 Å². The van der Waals surface area contributed by atoms with Crippen molar-refractivity contribution in [1.29, 1.82) is 0 Å². The molecule has 0 atom stereocenters. The number of β-amino-alcohol motifs (C(OH)–C–C–N with tert-alkyl or cyclic N) is 1. The summed E-state index contributed by atoms with van der Waals surface area (Å²) in [5.74, 6) is 0.412. The number of amides is 1. The van der Waals surface area contributed by atoms with E-state index in [1.165, 1.54) is 21.1 Å². The van der Waals surface area contributed by atoms with E-state index >= 15 is 0 Å². The number of aromatic nitrogens is 2. The first kappa shape index (κ1) is 21.9. The molecule has 4 rings (SSSR count). The van der Waals surface area contributed by atoms with E-state index < -0.39 is 0 Å². The van der Waals surface area contributed by atoms with Crippen molar-refractivity contribution in [2.75, 3.05) is 50.8 Å². The van der Waals surface area contributed by atoms with Crippen molar-refractivity contribution in [2.24, 2.45) is 0 Å². The summed E-state index contributed by atoms with van der Waals surface area (Å²) in [7, 11) is 0. The highest BCUT2D eigenvalue weighted by Gasteiger charge is 2.32. The molecular formula is C21H25N5O3S2. The Morgan fingerprint density at radius 1 is 1.26 bits per heavy atom. The van der Waals surface area contributed by atoms with Crippen molar-refractivity contribution in [2.45, 2.75) is 13.8 Å². The number of carbonyl (C=O) groups is 1. The number of rotatable bonds is 5. The number of aliphatic hydroxyl groups excluding tert-OH is 1. The van der Waals surface area contributed by atoms with Crippen molar-refractivity contribution in [1.82, 2.24) is 19.2 Å². The van der Waals surface area contributed by atoms with Crippen LogP contribution in [0, 0.1) is 6.92 Å². The Balaban J connectivity index is 1.82. The van der Waals surface area contributed by atoms with Gasteiger partial charge in [0, 0.05) is 45.5 Å². The third-order valence-corrected chi connectivity index (χ3v) is 7.00. The predicted molar refractivity (Wildman–Crippen MR) is 127 cm³/mol. The lowest BCUT2D eigenvalue weighted by Crippen LogP contribution is -2.48. The summed E-state index contributed by atoms with van der Waals surface area (Å²) in [6, 6.07) is 3.75. The van der Waals surface area contributed by atoms with Crippen LogP contribution in [0.5, 0.6) is 0 Å². The smallest absolute Gasteiger partial charge is 0.267 e. The van der Waals surface area contributed by atoms with E-state index in [1.54, 1.807) is 12.3 Å². The largest absolute Gasteiger partial charge is 0.395 e. The van der Waals surface area contributed by atoms with Gasteiger partial charge in [-0.1, -0.05) is 30.0 Å². The predicted octanol–water partition coefficient (Wildman–Crippen LogP) is 1.34. The first-order valence-electron chi connectivity index (χ1n) is 10.3. The number of likely N-dealkylation sites (N-methyl/N-ethyl adjacent to an activating group) is 1. The molecule has 0 aromatic carbocycles. The number of piperazine rings is 1. The van der Waals surface area contributed by atoms with Gasteiger partial charge in [0.25, 0.3) is 11.5 Å².